The Morgan fingerprint density at radius 2 is 2.07 bits per heavy atom. The molecule has 0 bridgehead atoms. The first-order valence-corrected chi connectivity index (χ1v) is 9.29. The molecule has 0 aromatic heterocycles. The number of fused-ring (bicyclic) bond motifs is 1. The lowest BCUT2D eigenvalue weighted by atomic mass is 10.1. The van der Waals surface area contributed by atoms with Crippen molar-refractivity contribution in [2.24, 2.45) is 0 Å². The van der Waals surface area contributed by atoms with Gasteiger partial charge in [0.25, 0.3) is 0 Å². The summed E-state index contributed by atoms with van der Waals surface area (Å²) in [6.07, 6.45) is 3.94. The summed E-state index contributed by atoms with van der Waals surface area (Å²) < 4.78 is 22.2. The number of rotatable bonds is 8. The van der Waals surface area contributed by atoms with Crippen molar-refractivity contribution >= 4 is 12.0 Å². The Balaban J connectivity index is 1.45. The maximum atomic E-state index is 12.0. The van der Waals surface area contributed by atoms with Gasteiger partial charge in [0.1, 0.15) is 19.0 Å². The molecule has 2 aromatic carbocycles. The number of aryl methyl sites for hydroxylation is 1. The van der Waals surface area contributed by atoms with E-state index in [1.165, 1.54) is 6.08 Å². The lowest BCUT2D eigenvalue weighted by Gasteiger charge is -2.20. The molecule has 0 unspecified atom stereocenters. The quantitative estimate of drug-likeness (QED) is 0.559. The molecular weight excluding hydrogens is 358 g/mol. The fraction of sp³-hybridized carbons (Fsp3) is 0.318. The molecule has 0 fully saturated rings. The van der Waals surface area contributed by atoms with Gasteiger partial charge in [0.05, 0.1) is 13.7 Å². The van der Waals surface area contributed by atoms with E-state index in [9.17, 15) is 4.79 Å². The van der Waals surface area contributed by atoms with Gasteiger partial charge in [-0.1, -0.05) is 12.1 Å². The van der Waals surface area contributed by atoms with Crippen molar-refractivity contribution in [1.82, 2.24) is 5.32 Å². The van der Waals surface area contributed by atoms with E-state index in [1.807, 2.05) is 43.3 Å². The number of carbonyl (C=O) groups excluding carboxylic acids is 1. The highest BCUT2D eigenvalue weighted by molar-refractivity contribution is 5.91. The third-order valence-electron chi connectivity index (χ3n) is 4.16. The van der Waals surface area contributed by atoms with Gasteiger partial charge >= 0.3 is 0 Å². The first-order chi connectivity index (χ1) is 13.7. The molecule has 28 heavy (non-hydrogen) atoms. The molecule has 0 saturated heterocycles. The molecule has 6 nitrogen and oxygen atoms in total. The maximum absolute atomic E-state index is 12.0. The molecule has 0 atom stereocenters. The van der Waals surface area contributed by atoms with Crippen LogP contribution in [0.5, 0.6) is 23.0 Å². The molecule has 0 aliphatic carbocycles. The van der Waals surface area contributed by atoms with Gasteiger partial charge < -0.3 is 24.3 Å². The van der Waals surface area contributed by atoms with E-state index in [0.29, 0.717) is 43.6 Å². The molecule has 148 valence electrons. The second kappa shape index (κ2) is 9.69. The summed E-state index contributed by atoms with van der Waals surface area (Å²) in [6.45, 7) is 4.10. The van der Waals surface area contributed by atoms with Crippen LogP contribution in [-0.2, 0) is 4.79 Å². The van der Waals surface area contributed by atoms with Gasteiger partial charge in [-0.05, 0) is 54.8 Å². The number of benzene rings is 2. The van der Waals surface area contributed by atoms with E-state index >= 15 is 0 Å². The predicted octanol–water partition coefficient (Wildman–Crippen LogP) is 3.37. The highest BCUT2D eigenvalue weighted by atomic mass is 16.6. The zero-order valence-electron chi connectivity index (χ0n) is 16.2. The van der Waals surface area contributed by atoms with Crippen LogP contribution in [0.4, 0.5) is 0 Å². The molecule has 2 aromatic rings. The largest absolute Gasteiger partial charge is 0.494 e. The van der Waals surface area contributed by atoms with Crippen LogP contribution in [0.15, 0.2) is 42.5 Å². The first-order valence-electron chi connectivity index (χ1n) is 9.29. The van der Waals surface area contributed by atoms with Crippen molar-refractivity contribution in [3.05, 3.63) is 53.6 Å². The topological polar surface area (TPSA) is 66.0 Å². The van der Waals surface area contributed by atoms with E-state index in [-0.39, 0.29) is 5.91 Å². The molecule has 1 aliphatic heterocycles. The third-order valence-corrected chi connectivity index (χ3v) is 4.16. The fourth-order valence-electron chi connectivity index (χ4n) is 2.80. The van der Waals surface area contributed by atoms with Crippen LogP contribution in [0.2, 0.25) is 0 Å². The van der Waals surface area contributed by atoms with Crippen LogP contribution < -0.4 is 24.3 Å². The Kier molecular flexibility index (Phi) is 6.78. The Morgan fingerprint density at radius 1 is 1.21 bits per heavy atom. The van der Waals surface area contributed by atoms with Crippen molar-refractivity contribution in [2.75, 3.05) is 33.5 Å². The predicted molar refractivity (Wildman–Crippen MR) is 107 cm³/mol. The average Bonchev–Trinajstić information content (AvgIpc) is 2.71. The van der Waals surface area contributed by atoms with E-state index in [4.69, 9.17) is 18.9 Å². The summed E-state index contributed by atoms with van der Waals surface area (Å²) in [5, 5.41) is 2.85. The van der Waals surface area contributed by atoms with E-state index in [0.717, 1.165) is 23.3 Å². The smallest absolute Gasteiger partial charge is 0.244 e. The van der Waals surface area contributed by atoms with Gasteiger partial charge in [0.2, 0.25) is 11.7 Å². The van der Waals surface area contributed by atoms with Gasteiger partial charge in [-0.2, -0.15) is 0 Å². The molecule has 1 amide bonds. The Morgan fingerprint density at radius 3 is 2.89 bits per heavy atom. The second-order valence-corrected chi connectivity index (χ2v) is 6.39. The van der Waals surface area contributed by atoms with Gasteiger partial charge in [0.15, 0.2) is 11.5 Å². The number of hydrogen-bond acceptors (Lipinski definition) is 5. The van der Waals surface area contributed by atoms with E-state index in [1.54, 1.807) is 13.2 Å². The summed E-state index contributed by atoms with van der Waals surface area (Å²) in [5.41, 5.74) is 1.96. The van der Waals surface area contributed by atoms with Crippen molar-refractivity contribution in [3.8, 4) is 23.0 Å². The molecule has 0 spiro atoms. The number of amides is 1. The van der Waals surface area contributed by atoms with Crippen LogP contribution in [-0.4, -0.2) is 39.4 Å². The van der Waals surface area contributed by atoms with Crippen molar-refractivity contribution < 1.29 is 23.7 Å². The lowest BCUT2D eigenvalue weighted by molar-refractivity contribution is -0.116. The van der Waals surface area contributed by atoms with Crippen LogP contribution in [0.1, 0.15) is 17.5 Å². The third kappa shape index (κ3) is 5.42. The molecule has 3 rings (SSSR count). The van der Waals surface area contributed by atoms with Gasteiger partial charge in [-0.25, -0.2) is 0 Å². The number of methoxy groups -OCH3 is 1. The van der Waals surface area contributed by atoms with Gasteiger partial charge in [-0.15, -0.1) is 0 Å². The average molecular weight is 383 g/mol. The van der Waals surface area contributed by atoms with Crippen molar-refractivity contribution in [2.45, 2.75) is 13.3 Å². The fourth-order valence-corrected chi connectivity index (χ4v) is 2.80. The minimum Gasteiger partial charge on any atom is -0.494 e. The lowest BCUT2D eigenvalue weighted by Crippen LogP contribution is -2.23. The molecule has 1 heterocycles. The normalized spacial score (nSPS) is 12.6. The molecular formula is C22H25NO5. The molecule has 1 aliphatic rings. The van der Waals surface area contributed by atoms with E-state index < -0.39 is 0 Å². The van der Waals surface area contributed by atoms with Crippen LogP contribution in [0.25, 0.3) is 6.08 Å². The first kappa shape index (κ1) is 19.6. The van der Waals surface area contributed by atoms with E-state index in [2.05, 4.69) is 5.32 Å². The second-order valence-electron chi connectivity index (χ2n) is 6.39. The highest BCUT2D eigenvalue weighted by Crippen LogP contribution is 2.40. The minimum absolute atomic E-state index is 0.163. The zero-order valence-corrected chi connectivity index (χ0v) is 16.2. The zero-order chi connectivity index (χ0) is 19.8. The number of ether oxygens (including phenoxy) is 4. The highest BCUT2D eigenvalue weighted by Gasteiger charge is 2.17. The minimum atomic E-state index is -0.163. The van der Waals surface area contributed by atoms with Crippen LogP contribution in [0, 0.1) is 6.92 Å². The SMILES string of the molecule is COc1cc(/C=C/C(=O)NCCCOc2cccc(C)c2)cc2c1OCCO2. The molecule has 6 heteroatoms. The molecule has 1 N–H and O–H groups in total. The Labute approximate surface area is 165 Å². The summed E-state index contributed by atoms with van der Waals surface area (Å²) in [7, 11) is 1.58. The Bertz CT molecular complexity index is 830. The standard InChI is InChI=1S/C22H25NO5/c1-16-5-3-6-18(13-16)26-10-4-9-23-21(24)8-7-17-14-19(25-2)22-20(15-17)27-11-12-28-22/h3,5-8,13-15H,4,9-12H2,1-2H3,(H,23,24)/b8-7+. The Hall–Kier alpha value is -3.15. The van der Waals surface area contributed by atoms with Gasteiger partial charge in [0, 0.05) is 12.6 Å². The van der Waals surface area contributed by atoms with Crippen molar-refractivity contribution in [3.63, 3.8) is 0 Å². The summed E-state index contributed by atoms with van der Waals surface area (Å²) in [5.74, 6) is 2.50. The monoisotopic (exact) mass is 383 g/mol. The van der Waals surface area contributed by atoms with Gasteiger partial charge in [-0.3, -0.25) is 4.79 Å². The maximum Gasteiger partial charge on any atom is 0.244 e. The number of hydrogen-bond donors (Lipinski definition) is 1. The summed E-state index contributed by atoms with van der Waals surface area (Å²) in [4.78, 5) is 12.0. The van der Waals surface area contributed by atoms with Crippen LogP contribution >= 0.6 is 0 Å². The van der Waals surface area contributed by atoms with Crippen molar-refractivity contribution in [1.29, 1.82) is 0 Å². The summed E-state index contributed by atoms with van der Waals surface area (Å²) in [6, 6.07) is 11.5. The number of nitrogens with one attached hydrogen (secondary N) is 1. The van der Waals surface area contributed by atoms with Crippen LogP contribution in [0.3, 0.4) is 0 Å². The molecule has 0 saturated carbocycles. The summed E-state index contributed by atoms with van der Waals surface area (Å²) >= 11 is 0. The number of carbonyl (C=O) groups is 1. The molecule has 0 radical (unpaired) electrons.